The van der Waals surface area contributed by atoms with E-state index in [9.17, 15) is 14.9 Å². The molecule has 0 amide bonds. The normalized spacial score (nSPS) is 10.9. The summed E-state index contributed by atoms with van der Waals surface area (Å²) >= 11 is 1.06. The van der Waals surface area contributed by atoms with Crippen molar-refractivity contribution in [3.8, 4) is 0 Å². The first-order valence-electron chi connectivity index (χ1n) is 4.96. The lowest BCUT2D eigenvalue weighted by Crippen LogP contribution is -2.28. The maximum atomic E-state index is 11.9. The fourth-order valence-corrected chi connectivity index (χ4v) is 1.85. The summed E-state index contributed by atoms with van der Waals surface area (Å²) < 4.78 is 0. The Morgan fingerprint density at radius 1 is 1.41 bits per heavy atom. The Bertz CT molecular complexity index is 405. The van der Waals surface area contributed by atoms with E-state index in [0.29, 0.717) is 0 Å². The second-order valence-corrected chi connectivity index (χ2v) is 5.13. The molecule has 0 saturated carbocycles. The minimum Gasteiger partial charge on any atom is -0.313 e. The van der Waals surface area contributed by atoms with Crippen LogP contribution in [-0.4, -0.2) is 16.8 Å². The number of carbonyl (C=O) groups is 1. The average Bonchev–Trinajstić information content (AvgIpc) is 2.28. The third-order valence-electron chi connectivity index (χ3n) is 2.04. The summed E-state index contributed by atoms with van der Waals surface area (Å²) in [7, 11) is 0. The lowest BCUT2D eigenvalue weighted by Gasteiger charge is -2.20. The van der Waals surface area contributed by atoms with Gasteiger partial charge in [-0.15, -0.1) is 10.1 Å². The first-order chi connectivity index (χ1) is 7.92. The van der Waals surface area contributed by atoms with Crippen LogP contribution in [0.4, 0.5) is 0 Å². The highest BCUT2D eigenvalue weighted by molar-refractivity contribution is 8.13. The van der Waals surface area contributed by atoms with E-state index in [4.69, 9.17) is 0 Å². The van der Waals surface area contributed by atoms with Crippen LogP contribution in [0.3, 0.4) is 0 Å². The maximum absolute atomic E-state index is 11.9. The van der Waals surface area contributed by atoms with Crippen molar-refractivity contribution in [1.82, 2.24) is 0 Å². The molecule has 0 aromatic heterocycles. The molecule has 0 spiro atoms. The van der Waals surface area contributed by atoms with Gasteiger partial charge in [0.2, 0.25) is 5.12 Å². The Kier molecular flexibility index (Phi) is 4.51. The van der Waals surface area contributed by atoms with E-state index >= 15 is 0 Å². The van der Waals surface area contributed by atoms with Crippen LogP contribution in [0.1, 0.15) is 13.8 Å². The third kappa shape index (κ3) is 4.44. The van der Waals surface area contributed by atoms with Crippen molar-refractivity contribution in [3.05, 3.63) is 40.4 Å². The summed E-state index contributed by atoms with van der Waals surface area (Å²) in [5, 5.41) is 9.04. The predicted octanol–water partition coefficient (Wildman–Crippen LogP) is 2.54. The Labute approximate surface area is 103 Å². The number of carbonyl (C=O) groups excluding carboxylic acids is 1. The molecule has 0 N–H and O–H groups in total. The van der Waals surface area contributed by atoms with Gasteiger partial charge in [0.05, 0.1) is 5.41 Å². The van der Waals surface area contributed by atoms with Gasteiger partial charge in [-0.3, -0.25) is 4.79 Å². The molecule has 0 aliphatic heterocycles. The molecule has 0 bridgehead atoms. The zero-order valence-electron chi connectivity index (χ0n) is 9.58. The van der Waals surface area contributed by atoms with Gasteiger partial charge in [-0.2, -0.15) is 0 Å². The van der Waals surface area contributed by atoms with Gasteiger partial charge in [0.15, 0.2) is 0 Å². The topological polar surface area (TPSA) is 69.4 Å². The number of thioether (sulfide) groups is 1. The number of hydrogen-bond donors (Lipinski definition) is 0. The summed E-state index contributed by atoms with van der Waals surface area (Å²) in [5.41, 5.74) is -0.895. The molecule has 0 fully saturated rings. The van der Waals surface area contributed by atoms with Crippen molar-refractivity contribution in [1.29, 1.82) is 0 Å². The van der Waals surface area contributed by atoms with Crippen molar-refractivity contribution in [2.24, 2.45) is 5.41 Å². The molecule has 6 heteroatoms. The highest BCUT2D eigenvalue weighted by atomic mass is 32.2. The molecule has 0 saturated heterocycles. The van der Waals surface area contributed by atoms with E-state index in [-0.39, 0.29) is 11.7 Å². The van der Waals surface area contributed by atoms with Crippen LogP contribution < -0.4 is 0 Å². The van der Waals surface area contributed by atoms with Crippen molar-refractivity contribution in [3.63, 3.8) is 0 Å². The zero-order valence-corrected chi connectivity index (χ0v) is 10.4. The largest absolute Gasteiger partial charge is 0.313 e. The quantitative estimate of drug-likeness (QED) is 0.459. The summed E-state index contributed by atoms with van der Waals surface area (Å²) in [6.45, 7) is 3.00. The van der Waals surface area contributed by atoms with Crippen LogP contribution in [0, 0.1) is 15.5 Å². The zero-order chi connectivity index (χ0) is 12.9. The molecular formula is C11H13NO4S. The number of nitrogens with zero attached hydrogens (tertiary/aromatic N) is 1. The molecule has 0 heterocycles. The van der Waals surface area contributed by atoms with E-state index in [1.807, 2.05) is 30.3 Å². The molecule has 0 radical (unpaired) electrons. The van der Waals surface area contributed by atoms with Crippen LogP contribution in [0.15, 0.2) is 35.2 Å². The third-order valence-corrected chi connectivity index (χ3v) is 3.28. The van der Waals surface area contributed by atoms with Crippen molar-refractivity contribution in [2.75, 3.05) is 6.61 Å². The van der Waals surface area contributed by atoms with Crippen LogP contribution >= 0.6 is 11.8 Å². The van der Waals surface area contributed by atoms with Crippen LogP contribution in [0.25, 0.3) is 0 Å². The Morgan fingerprint density at radius 3 is 2.53 bits per heavy atom. The van der Waals surface area contributed by atoms with E-state index in [0.717, 1.165) is 16.7 Å². The first-order valence-corrected chi connectivity index (χ1v) is 5.78. The van der Waals surface area contributed by atoms with E-state index in [1.54, 1.807) is 13.8 Å². The van der Waals surface area contributed by atoms with E-state index in [1.165, 1.54) is 0 Å². The Balaban J connectivity index is 2.60. The van der Waals surface area contributed by atoms with Gasteiger partial charge in [-0.25, -0.2) is 0 Å². The van der Waals surface area contributed by atoms with Gasteiger partial charge in [0.25, 0.3) is 5.09 Å². The molecule has 0 unspecified atom stereocenters. The summed E-state index contributed by atoms with van der Waals surface area (Å²) in [5.74, 6) is 0. The van der Waals surface area contributed by atoms with Crippen LogP contribution in [-0.2, 0) is 9.63 Å². The molecule has 0 aliphatic rings. The molecule has 92 valence electrons. The van der Waals surface area contributed by atoms with Crippen molar-refractivity contribution >= 4 is 16.9 Å². The van der Waals surface area contributed by atoms with Crippen molar-refractivity contribution < 1.29 is 14.7 Å². The minimum absolute atomic E-state index is 0.162. The predicted molar refractivity (Wildman–Crippen MR) is 64.0 cm³/mol. The van der Waals surface area contributed by atoms with Crippen LogP contribution in [0.5, 0.6) is 0 Å². The smallest absolute Gasteiger partial charge is 0.294 e. The van der Waals surface area contributed by atoms with Gasteiger partial charge < -0.3 is 4.84 Å². The first kappa shape index (κ1) is 13.5. The molecule has 5 nitrogen and oxygen atoms in total. The van der Waals surface area contributed by atoms with E-state index in [2.05, 4.69) is 4.84 Å². The van der Waals surface area contributed by atoms with E-state index < -0.39 is 10.5 Å². The van der Waals surface area contributed by atoms with Gasteiger partial charge in [0.1, 0.15) is 6.61 Å². The van der Waals surface area contributed by atoms with Crippen molar-refractivity contribution in [2.45, 2.75) is 18.7 Å². The molecule has 0 aliphatic carbocycles. The van der Waals surface area contributed by atoms with Gasteiger partial charge in [0, 0.05) is 4.90 Å². The standard InChI is InChI=1S/C11H13NO4S/c1-11(2,8-16-12(14)15)10(13)17-9-6-4-3-5-7-9/h3-7H,8H2,1-2H3. The van der Waals surface area contributed by atoms with Gasteiger partial charge >= 0.3 is 0 Å². The summed E-state index contributed by atoms with van der Waals surface area (Å²) in [6, 6.07) is 9.14. The number of hydrogen-bond acceptors (Lipinski definition) is 5. The molecule has 1 aromatic rings. The highest BCUT2D eigenvalue weighted by Crippen LogP contribution is 2.29. The summed E-state index contributed by atoms with van der Waals surface area (Å²) in [4.78, 5) is 27.1. The molecule has 1 aromatic carbocycles. The second kappa shape index (κ2) is 5.67. The highest BCUT2D eigenvalue weighted by Gasteiger charge is 2.29. The fraction of sp³-hybridized carbons (Fsp3) is 0.364. The SMILES string of the molecule is CC(C)(CO[N+](=O)[O-])C(=O)Sc1ccccc1. The number of rotatable bonds is 5. The second-order valence-electron chi connectivity index (χ2n) is 4.08. The monoisotopic (exact) mass is 255 g/mol. The average molecular weight is 255 g/mol. The maximum Gasteiger partial charge on any atom is 0.294 e. The lowest BCUT2D eigenvalue weighted by atomic mass is 9.97. The Hall–Kier alpha value is -1.56. The molecule has 1 rings (SSSR count). The fourth-order valence-electron chi connectivity index (χ4n) is 1.01. The minimum atomic E-state index is -0.895. The van der Waals surface area contributed by atoms with Crippen LogP contribution in [0.2, 0.25) is 0 Å². The molecular weight excluding hydrogens is 242 g/mol. The Morgan fingerprint density at radius 2 is 2.00 bits per heavy atom. The summed E-state index contributed by atoms with van der Waals surface area (Å²) in [6.07, 6.45) is 0. The molecule has 0 atom stereocenters. The van der Waals surface area contributed by atoms with Gasteiger partial charge in [-0.05, 0) is 12.1 Å². The number of benzene rings is 1. The lowest BCUT2D eigenvalue weighted by molar-refractivity contribution is -0.760. The molecule has 17 heavy (non-hydrogen) atoms. The van der Waals surface area contributed by atoms with Gasteiger partial charge in [-0.1, -0.05) is 43.8 Å².